The fourth-order valence-corrected chi connectivity index (χ4v) is 4.27. The Hall–Kier alpha value is -4.02. The van der Waals surface area contributed by atoms with Gasteiger partial charge in [-0.1, -0.05) is 26.0 Å². The summed E-state index contributed by atoms with van der Waals surface area (Å²) in [6.45, 7) is 3.40. The van der Waals surface area contributed by atoms with Crippen molar-refractivity contribution in [2.24, 2.45) is 17.8 Å². The average Bonchev–Trinajstić information content (AvgIpc) is 3.78. The summed E-state index contributed by atoms with van der Waals surface area (Å²) in [5.74, 6) is -0.583. The predicted octanol–water partition coefficient (Wildman–Crippen LogP) is 2.88. The van der Waals surface area contributed by atoms with E-state index in [0.717, 1.165) is 0 Å². The van der Waals surface area contributed by atoms with Crippen LogP contribution in [0, 0.1) is 17.8 Å². The molecule has 0 saturated heterocycles. The molecule has 2 heterocycles. The Kier molecular flexibility index (Phi) is 6.29. The van der Waals surface area contributed by atoms with E-state index in [0.29, 0.717) is 23.0 Å². The first-order chi connectivity index (χ1) is 17.3. The molecule has 4 N–H and O–H groups in total. The number of carboxylic acid groups (broad SMARTS) is 1. The second kappa shape index (κ2) is 9.56. The van der Waals surface area contributed by atoms with E-state index in [2.05, 4.69) is 30.8 Å². The molecule has 3 aromatic rings. The smallest absolute Gasteiger partial charge is 0.326 e. The van der Waals surface area contributed by atoms with Gasteiger partial charge in [-0.15, -0.1) is 0 Å². The van der Waals surface area contributed by atoms with Crippen molar-refractivity contribution in [1.82, 2.24) is 30.8 Å². The van der Waals surface area contributed by atoms with E-state index in [-0.39, 0.29) is 41.2 Å². The number of rotatable bonds is 10. The maximum absolute atomic E-state index is 12.7. The molecule has 0 aliphatic heterocycles. The number of amides is 2. The third-order valence-corrected chi connectivity index (χ3v) is 6.57. The van der Waals surface area contributed by atoms with Crippen LogP contribution in [0.2, 0.25) is 0 Å². The van der Waals surface area contributed by atoms with Gasteiger partial charge in [0.1, 0.15) is 6.04 Å². The molecule has 0 bridgehead atoms. The minimum absolute atomic E-state index is 0.0988. The topological polar surface area (TPSA) is 163 Å². The van der Waals surface area contributed by atoms with Crippen LogP contribution < -0.4 is 10.6 Å². The zero-order chi connectivity index (χ0) is 25.4. The van der Waals surface area contributed by atoms with Crippen molar-refractivity contribution < 1.29 is 23.9 Å². The number of nitrogens with zero attached hydrogens (tertiary/aromatic N) is 3. The van der Waals surface area contributed by atoms with Crippen molar-refractivity contribution in [1.29, 1.82) is 0 Å². The molecule has 0 spiro atoms. The average molecular weight is 493 g/mol. The number of aliphatic carboxylic acids is 1. The summed E-state index contributed by atoms with van der Waals surface area (Å²) in [6, 6.07) is 6.22. The van der Waals surface area contributed by atoms with Crippen molar-refractivity contribution in [2.75, 3.05) is 0 Å². The van der Waals surface area contributed by atoms with Crippen LogP contribution in [-0.2, 0) is 4.79 Å². The summed E-state index contributed by atoms with van der Waals surface area (Å²) in [6.07, 6.45) is 6.09. The van der Waals surface area contributed by atoms with E-state index in [1.165, 1.54) is 31.9 Å². The summed E-state index contributed by atoms with van der Waals surface area (Å²) in [5, 5.41) is 21.5. The number of carbonyl (C=O) groups excluding carboxylic acids is 2. The second-order valence-corrected chi connectivity index (χ2v) is 9.83. The normalized spacial score (nSPS) is 16.2. The van der Waals surface area contributed by atoms with Crippen LogP contribution in [0.15, 0.2) is 34.9 Å². The molecule has 0 radical (unpaired) electrons. The highest BCUT2D eigenvalue weighted by Gasteiger charge is 2.42. The van der Waals surface area contributed by atoms with Crippen LogP contribution in [-0.4, -0.2) is 55.1 Å². The first-order valence-electron chi connectivity index (χ1n) is 12.1. The van der Waals surface area contributed by atoms with Crippen LogP contribution >= 0.6 is 0 Å². The van der Waals surface area contributed by atoms with Gasteiger partial charge in [0.15, 0.2) is 5.82 Å². The number of aromatic amines is 1. The largest absolute Gasteiger partial charge is 0.480 e. The molecular formula is C25H28N6O5. The Morgan fingerprint density at radius 3 is 2.39 bits per heavy atom. The zero-order valence-corrected chi connectivity index (χ0v) is 20.0. The molecule has 2 saturated carbocycles. The third-order valence-electron chi connectivity index (χ3n) is 6.57. The quantitative estimate of drug-likeness (QED) is 0.336. The molecule has 2 aliphatic carbocycles. The van der Waals surface area contributed by atoms with Gasteiger partial charge in [0.25, 0.3) is 11.8 Å². The van der Waals surface area contributed by atoms with E-state index in [9.17, 15) is 19.5 Å². The fourth-order valence-electron chi connectivity index (χ4n) is 4.27. The van der Waals surface area contributed by atoms with Crippen LogP contribution in [0.25, 0.3) is 22.8 Å². The number of carboxylic acids is 1. The molecule has 11 heteroatoms. The van der Waals surface area contributed by atoms with Crippen molar-refractivity contribution >= 4 is 17.8 Å². The van der Waals surface area contributed by atoms with Crippen molar-refractivity contribution in [3.63, 3.8) is 0 Å². The highest BCUT2D eigenvalue weighted by atomic mass is 16.4. The van der Waals surface area contributed by atoms with E-state index in [1.807, 2.05) is 0 Å². The maximum atomic E-state index is 12.7. The van der Waals surface area contributed by atoms with Gasteiger partial charge in [-0.25, -0.2) is 14.8 Å². The van der Waals surface area contributed by atoms with Gasteiger partial charge in [-0.3, -0.25) is 14.7 Å². The molecule has 36 heavy (non-hydrogen) atoms. The van der Waals surface area contributed by atoms with Gasteiger partial charge in [0.2, 0.25) is 17.5 Å². The molecule has 2 aromatic heterocycles. The summed E-state index contributed by atoms with van der Waals surface area (Å²) < 4.78 is 5.76. The Bertz CT molecular complexity index is 1280. The van der Waals surface area contributed by atoms with E-state index >= 15 is 0 Å². The third kappa shape index (κ3) is 5.14. The maximum Gasteiger partial charge on any atom is 0.326 e. The summed E-state index contributed by atoms with van der Waals surface area (Å²) in [5.41, 5.74) is 1.21. The Morgan fingerprint density at radius 2 is 1.75 bits per heavy atom. The first kappa shape index (κ1) is 23.7. The van der Waals surface area contributed by atoms with Gasteiger partial charge in [-0.05, 0) is 55.6 Å². The Balaban J connectivity index is 1.28. The first-order valence-corrected chi connectivity index (χ1v) is 12.1. The standard InChI is InChI=1S/C25H28N6O5/c1-12(2)18(25(34)35)27-23(33)21-29-20(30-31-21)15-4-3-5-16(10-15)24-26-11-17(36-24)22(32)28-19(13-6-7-13)14-8-9-14/h3-5,10-14,18-19H,6-9H2,1-2H3,(H,27,33)(H,28,32)(H,34,35)(H,29,30,31). The number of nitrogens with one attached hydrogen (secondary N) is 3. The minimum atomic E-state index is -1.12. The number of carbonyl (C=O) groups is 3. The Morgan fingerprint density at radius 1 is 1.06 bits per heavy atom. The molecular weight excluding hydrogens is 464 g/mol. The van der Waals surface area contributed by atoms with Crippen LogP contribution in [0.5, 0.6) is 0 Å². The molecule has 11 nitrogen and oxygen atoms in total. The zero-order valence-electron chi connectivity index (χ0n) is 20.0. The monoisotopic (exact) mass is 492 g/mol. The van der Waals surface area contributed by atoms with Crippen molar-refractivity contribution in [2.45, 2.75) is 51.6 Å². The fraction of sp³-hybridized carbons (Fsp3) is 0.440. The van der Waals surface area contributed by atoms with Crippen LogP contribution in [0.1, 0.15) is 60.7 Å². The molecule has 1 aromatic carbocycles. The van der Waals surface area contributed by atoms with Crippen molar-refractivity contribution in [3.05, 3.63) is 42.0 Å². The number of benzene rings is 1. The van der Waals surface area contributed by atoms with Gasteiger partial charge >= 0.3 is 5.97 Å². The lowest BCUT2D eigenvalue weighted by atomic mass is 10.0. The number of hydrogen-bond acceptors (Lipinski definition) is 7. The summed E-state index contributed by atoms with van der Waals surface area (Å²) in [4.78, 5) is 45.0. The second-order valence-electron chi connectivity index (χ2n) is 9.83. The molecule has 2 amide bonds. The van der Waals surface area contributed by atoms with Crippen LogP contribution in [0.3, 0.4) is 0 Å². The highest BCUT2D eigenvalue weighted by Crippen LogP contribution is 2.44. The van der Waals surface area contributed by atoms with Gasteiger partial charge in [0.05, 0.1) is 6.20 Å². The number of aromatic nitrogens is 4. The number of hydrogen-bond donors (Lipinski definition) is 4. The number of oxazole rings is 1. The van der Waals surface area contributed by atoms with Gasteiger partial charge in [0, 0.05) is 17.2 Å². The van der Waals surface area contributed by atoms with E-state index in [1.54, 1.807) is 38.1 Å². The molecule has 188 valence electrons. The van der Waals surface area contributed by atoms with Crippen molar-refractivity contribution in [3.8, 4) is 22.8 Å². The molecule has 2 fully saturated rings. The lowest BCUT2D eigenvalue weighted by molar-refractivity contribution is -0.140. The van der Waals surface area contributed by atoms with Gasteiger partial charge < -0.3 is 20.2 Å². The molecule has 1 atom stereocenters. The minimum Gasteiger partial charge on any atom is -0.480 e. The van der Waals surface area contributed by atoms with E-state index < -0.39 is 17.9 Å². The molecule has 1 unspecified atom stereocenters. The number of H-pyrrole nitrogens is 1. The summed E-state index contributed by atoms with van der Waals surface area (Å²) in [7, 11) is 0. The Labute approximate surface area is 207 Å². The molecule has 5 rings (SSSR count). The highest BCUT2D eigenvalue weighted by molar-refractivity contribution is 5.94. The van der Waals surface area contributed by atoms with Crippen LogP contribution in [0.4, 0.5) is 0 Å². The lowest BCUT2D eigenvalue weighted by Gasteiger charge is -2.16. The lowest BCUT2D eigenvalue weighted by Crippen LogP contribution is -2.44. The summed E-state index contributed by atoms with van der Waals surface area (Å²) >= 11 is 0. The predicted molar refractivity (Wildman–Crippen MR) is 128 cm³/mol. The molecule has 2 aliphatic rings. The van der Waals surface area contributed by atoms with Gasteiger partial charge in [-0.2, -0.15) is 5.10 Å². The SMILES string of the molecule is CC(C)C(NC(=O)c1nc(-c2cccc(-c3ncc(C(=O)NC(C4CC4)C4CC4)o3)c2)n[nH]1)C(=O)O. The van der Waals surface area contributed by atoms with E-state index in [4.69, 9.17) is 4.42 Å².